The average molecular weight is 405 g/mol. The fourth-order valence-electron chi connectivity index (χ4n) is 3.86. The van der Waals surface area contributed by atoms with Gasteiger partial charge in [-0.15, -0.1) is 0 Å². The number of nitrogens with one attached hydrogen (secondary N) is 1. The molecule has 2 aromatic carbocycles. The molecule has 2 aliphatic heterocycles. The molecule has 0 radical (unpaired) electrons. The van der Waals surface area contributed by atoms with Gasteiger partial charge in [-0.05, 0) is 42.7 Å². The van der Waals surface area contributed by atoms with Gasteiger partial charge in [-0.25, -0.2) is 0 Å². The molecule has 1 saturated heterocycles. The number of carbonyl (C=O) groups is 4. The van der Waals surface area contributed by atoms with Gasteiger partial charge in [0.2, 0.25) is 11.8 Å². The Morgan fingerprint density at radius 3 is 2.37 bits per heavy atom. The van der Waals surface area contributed by atoms with Crippen molar-refractivity contribution in [3.8, 4) is 0 Å². The van der Waals surface area contributed by atoms with E-state index in [1.165, 1.54) is 0 Å². The Morgan fingerprint density at radius 2 is 1.67 bits per heavy atom. The largest absolute Gasteiger partial charge is 0.352 e. The van der Waals surface area contributed by atoms with E-state index in [1.807, 2.05) is 24.3 Å². The SMILES string of the molecule is O=C(CCN1C(=O)c2ccccc2C1=O)NCc1cccc(N2CCCCC2=O)c1. The highest BCUT2D eigenvalue weighted by Gasteiger charge is 2.34. The van der Waals surface area contributed by atoms with Crippen molar-refractivity contribution >= 4 is 29.3 Å². The summed E-state index contributed by atoms with van der Waals surface area (Å²) in [6, 6.07) is 14.2. The molecule has 1 N–H and O–H groups in total. The maximum absolute atomic E-state index is 12.4. The molecule has 1 fully saturated rings. The van der Waals surface area contributed by atoms with Gasteiger partial charge in [-0.1, -0.05) is 24.3 Å². The highest BCUT2D eigenvalue weighted by Crippen LogP contribution is 2.23. The van der Waals surface area contributed by atoms with Gasteiger partial charge in [0.25, 0.3) is 11.8 Å². The molecule has 2 aromatic rings. The van der Waals surface area contributed by atoms with Crippen molar-refractivity contribution in [2.75, 3.05) is 18.0 Å². The first-order chi connectivity index (χ1) is 14.5. The zero-order valence-corrected chi connectivity index (χ0v) is 16.6. The summed E-state index contributed by atoms with van der Waals surface area (Å²) in [5, 5.41) is 2.82. The first-order valence-electron chi connectivity index (χ1n) is 10.2. The molecule has 7 heteroatoms. The fourth-order valence-corrected chi connectivity index (χ4v) is 3.86. The number of hydrogen-bond donors (Lipinski definition) is 1. The number of benzene rings is 2. The lowest BCUT2D eigenvalue weighted by molar-refractivity contribution is -0.121. The van der Waals surface area contributed by atoms with E-state index in [9.17, 15) is 19.2 Å². The number of hydrogen-bond acceptors (Lipinski definition) is 4. The summed E-state index contributed by atoms with van der Waals surface area (Å²) in [7, 11) is 0. The maximum atomic E-state index is 12.4. The van der Waals surface area contributed by atoms with Crippen LogP contribution in [0.25, 0.3) is 0 Å². The Morgan fingerprint density at radius 1 is 0.933 bits per heavy atom. The van der Waals surface area contributed by atoms with Crippen LogP contribution in [0.3, 0.4) is 0 Å². The number of piperidine rings is 1. The third kappa shape index (κ3) is 3.96. The number of carbonyl (C=O) groups excluding carboxylic acids is 4. The second kappa shape index (κ2) is 8.49. The summed E-state index contributed by atoms with van der Waals surface area (Å²) in [5.41, 5.74) is 2.50. The topological polar surface area (TPSA) is 86.8 Å². The normalized spacial score (nSPS) is 16.1. The van der Waals surface area contributed by atoms with Gasteiger partial charge in [0.1, 0.15) is 0 Å². The minimum atomic E-state index is -0.359. The Kier molecular flexibility index (Phi) is 5.61. The van der Waals surface area contributed by atoms with Gasteiger partial charge < -0.3 is 10.2 Å². The summed E-state index contributed by atoms with van der Waals surface area (Å²) in [6.45, 7) is 1.08. The monoisotopic (exact) mass is 405 g/mol. The third-order valence-corrected chi connectivity index (χ3v) is 5.48. The van der Waals surface area contributed by atoms with Crippen LogP contribution in [0.2, 0.25) is 0 Å². The predicted octanol–water partition coefficient (Wildman–Crippen LogP) is 2.51. The van der Waals surface area contributed by atoms with Crippen molar-refractivity contribution in [2.24, 2.45) is 0 Å². The van der Waals surface area contributed by atoms with E-state index in [2.05, 4.69) is 5.32 Å². The zero-order valence-electron chi connectivity index (χ0n) is 16.6. The van der Waals surface area contributed by atoms with Gasteiger partial charge >= 0.3 is 0 Å². The number of amides is 4. The summed E-state index contributed by atoms with van der Waals surface area (Å²) >= 11 is 0. The van der Waals surface area contributed by atoms with E-state index in [1.54, 1.807) is 29.2 Å². The molecule has 7 nitrogen and oxygen atoms in total. The van der Waals surface area contributed by atoms with E-state index in [-0.39, 0.29) is 36.6 Å². The number of nitrogens with zero attached hydrogens (tertiary/aromatic N) is 2. The van der Waals surface area contributed by atoms with Crippen LogP contribution in [0.5, 0.6) is 0 Å². The zero-order chi connectivity index (χ0) is 21.1. The Hall–Kier alpha value is -3.48. The van der Waals surface area contributed by atoms with Crippen LogP contribution < -0.4 is 10.2 Å². The predicted molar refractivity (Wildman–Crippen MR) is 111 cm³/mol. The standard InChI is InChI=1S/C23H23N3O4/c27-20(11-13-26-22(29)18-8-1-2-9-19(18)23(26)30)24-15-16-6-5-7-17(14-16)25-12-4-3-10-21(25)28/h1-2,5-9,14H,3-4,10-13,15H2,(H,24,27). The minimum Gasteiger partial charge on any atom is -0.352 e. The Bertz CT molecular complexity index is 982. The lowest BCUT2D eigenvalue weighted by Gasteiger charge is -2.27. The Labute approximate surface area is 174 Å². The molecular weight excluding hydrogens is 382 g/mol. The van der Waals surface area contributed by atoms with Crippen LogP contribution >= 0.6 is 0 Å². The molecule has 2 heterocycles. The van der Waals surface area contributed by atoms with E-state index in [0.29, 0.717) is 24.1 Å². The minimum absolute atomic E-state index is 0.0375. The average Bonchev–Trinajstić information content (AvgIpc) is 3.01. The van der Waals surface area contributed by atoms with Gasteiger partial charge in [0, 0.05) is 38.2 Å². The molecule has 0 spiro atoms. The molecule has 154 valence electrons. The van der Waals surface area contributed by atoms with E-state index in [0.717, 1.165) is 35.5 Å². The van der Waals surface area contributed by atoms with E-state index in [4.69, 9.17) is 0 Å². The quantitative estimate of drug-likeness (QED) is 0.748. The third-order valence-electron chi connectivity index (χ3n) is 5.48. The van der Waals surface area contributed by atoms with Gasteiger partial charge in [0.15, 0.2) is 0 Å². The smallest absolute Gasteiger partial charge is 0.261 e. The lowest BCUT2D eigenvalue weighted by Crippen LogP contribution is -2.35. The molecule has 2 aliphatic rings. The number of rotatable bonds is 6. The summed E-state index contributed by atoms with van der Waals surface area (Å²) in [5.74, 6) is -0.834. The van der Waals surface area contributed by atoms with Gasteiger partial charge in [0.05, 0.1) is 11.1 Å². The molecule has 4 amide bonds. The molecule has 0 bridgehead atoms. The second-order valence-electron chi connectivity index (χ2n) is 7.51. The van der Waals surface area contributed by atoms with E-state index < -0.39 is 0 Å². The molecule has 0 aliphatic carbocycles. The highest BCUT2D eigenvalue weighted by molar-refractivity contribution is 6.21. The highest BCUT2D eigenvalue weighted by atomic mass is 16.2. The Balaban J connectivity index is 1.31. The van der Waals surface area contributed by atoms with Crippen LogP contribution in [0.1, 0.15) is 52.0 Å². The summed E-state index contributed by atoms with van der Waals surface area (Å²) < 4.78 is 0. The maximum Gasteiger partial charge on any atom is 0.261 e. The van der Waals surface area contributed by atoms with Crippen LogP contribution in [0.15, 0.2) is 48.5 Å². The van der Waals surface area contributed by atoms with Crippen molar-refractivity contribution in [3.63, 3.8) is 0 Å². The molecular formula is C23H23N3O4. The van der Waals surface area contributed by atoms with Gasteiger partial charge in [-0.3, -0.25) is 24.1 Å². The fraction of sp³-hybridized carbons (Fsp3) is 0.304. The second-order valence-corrected chi connectivity index (χ2v) is 7.51. The van der Waals surface area contributed by atoms with Gasteiger partial charge in [-0.2, -0.15) is 0 Å². The molecule has 0 saturated carbocycles. The van der Waals surface area contributed by atoms with Crippen molar-refractivity contribution in [2.45, 2.75) is 32.2 Å². The molecule has 30 heavy (non-hydrogen) atoms. The number of fused-ring (bicyclic) bond motifs is 1. The lowest BCUT2D eigenvalue weighted by atomic mass is 10.1. The van der Waals surface area contributed by atoms with Crippen molar-refractivity contribution < 1.29 is 19.2 Å². The van der Waals surface area contributed by atoms with Crippen molar-refractivity contribution in [1.29, 1.82) is 0 Å². The van der Waals surface area contributed by atoms with Crippen molar-refractivity contribution in [3.05, 3.63) is 65.2 Å². The molecule has 4 rings (SSSR count). The molecule has 0 aromatic heterocycles. The summed E-state index contributed by atoms with van der Waals surface area (Å²) in [6.07, 6.45) is 2.53. The first kappa shape index (κ1) is 19.8. The molecule has 0 unspecified atom stereocenters. The van der Waals surface area contributed by atoms with Crippen LogP contribution in [0, 0.1) is 0 Å². The van der Waals surface area contributed by atoms with Crippen molar-refractivity contribution in [1.82, 2.24) is 10.2 Å². The first-order valence-corrected chi connectivity index (χ1v) is 10.2. The number of anilines is 1. The number of imide groups is 1. The summed E-state index contributed by atoms with van der Waals surface area (Å²) in [4.78, 5) is 52.0. The van der Waals surface area contributed by atoms with Crippen LogP contribution in [-0.4, -0.2) is 41.6 Å². The van der Waals surface area contributed by atoms with E-state index >= 15 is 0 Å². The van der Waals surface area contributed by atoms with Crippen LogP contribution in [-0.2, 0) is 16.1 Å². The van der Waals surface area contributed by atoms with Crippen LogP contribution in [0.4, 0.5) is 5.69 Å². The molecule has 0 atom stereocenters.